The van der Waals surface area contributed by atoms with E-state index in [1.54, 1.807) is 0 Å². The van der Waals surface area contributed by atoms with Crippen molar-refractivity contribution in [1.82, 2.24) is 0 Å². The third-order valence-corrected chi connectivity index (χ3v) is 13.0. The van der Waals surface area contributed by atoms with E-state index in [1.807, 2.05) is 0 Å². The monoisotopic (exact) mass is 915 g/mol. The Morgan fingerprint density at radius 1 is 0.308 bits per heavy atom. The fourth-order valence-corrected chi connectivity index (χ4v) is 8.59. The molecule has 0 aromatic heterocycles. The van der Waals surface area contributed by atoms with Crippen LogP contribution in [0.2, 0.25) is 0 Å². The van der Waals surface area contributed by atoms with Gasteiger partial charge in [0.2, 0.25) is 0 Å². The van der Waals surface area contributed by atoms with Crippen molar-refractivity contribution in [1.29, 1.82) is 0 Å². The molecular weight excluding hydrogens is 805 g/mol. The minimum absolute atomic E-state index is 0.0715. The molecule has 0 saturated carbocycles. The summed E-state index contributed by atoms with van der Waals surface area (Å²) in [6.07, 6.45) is 63.1. The molecule has 1 unspecified atom stereocenters. The summed E-state index contributed by atoms with van der Waals surface area (Å²) in [7, 11) is 0. The Bertz CT molecular complexity index is 1050. The van der Waals surface area contributed by atoms with E-state index in [4.69, 9.17) is 14.2 Å². The van der Waals surface area contributed by atoms with Crippen LogP contribution in [0.25, 0.3) is 0 Å². The van der Waals surface area contributed by atoms with Gasteiger partial charge in [-0.2, -0.15) is 0 Å². The molecular formula is C59H110O6. The molecule has 0 spiro atoms. The minimum atomic E-state index is -0.773. The van der Waals surface area contributed by atoms with Gasteiger partial charge in [0.15, 0.2) is 6.10 Å². The van der Waals surface area contributed by atoms with Gasteiger partial charge < -0.3 is 14.2 Å². The maximum absolute atomic E-state index is 12.8. The summed E-state index contributed by atoms with van der Waals surface area (Å²) in [5, 5.41) is 0. The molecule has 0 radical (unpaired) electrons. The first-order valence-electron chi connectivity index (χ1n) is 28.8. The van der Waals surface area contributed by atoms with Crippen molar-refractivity contribution in [2.24, 2.45) is 0 Å². The molecule has 0 aliphatic rings. The summed E-state index contributed by atoms with van der Waals surface area (Å²) in [6, 6.07) is 0. The fourth-order valence-electron chi connectivity index (χ4n) is 8.59. The van der Waals surface area contributed by atoms with E-state index in [2.05, 4.69) is 45.1 Å². The molecule has 0 aromatic carbocycles. The predicted molar refractivity (Wildman–Crippen MR) is 279 cm³/mol. The van der Waals surface area contributed by atoms with Crippen molar-refractivity contribution in [2.45, 2.75) is 322 Å². The Morgan fingerprint density at radius 3 is 0.877 bits per heavy atom. The molecule has 0 fully saturated rings. The highest BCUT2D eigenvalue weighted by Crippen LogP contribution is 2.17. The van der Waals surface area contributed by atoms with Gasteiger partial charge in [-0.15, -0.1) is 0 Å². The third kappa shape index (κ3) is 52.7. The average molecular weight is 916 g/mol. The zero-order valence-electron chi connectivity index (χ0n) is 43.8. The maximum atomic E-state index is 12.8. The van der Waals surface area contributed by atoms with Crippen LogP contribution in [0, 0.1) is 0 Å². The smallest absolute Gasteiger partial charge is 0.306 e. The van der Waals surface area contributed by atoms with Crippen LogP contribution < -0.4 is 0 Å². The number of ether oxygens (including phenoxy) is 3. The summed E-state index contributed by atoms with van der Waals surface area (Å²) in [5.41, 5.74) is 0. The second-order valence-corrected chi connectivity index (χ2v) is 19.6. The number of hydrogen-bond acceptors (Lipinski definition) is 6. The molecule has 0 aliphatic carbocycles. The summed E-state index contributed by atoms with van der Waals surface area (Å²) in [4.78, 5) is 38.1. The largest absolute Gasteiger partial charge is 0.462 e. The molecule has 0 amide bonds. The van der Waals surface area contributed by atoms with Crippen LogP contribution in [0.3, 0.4) is 0 Å². The topological polar surface area (TPSA) is 78.9 Å². The lowest BCUT2D eigenvalue weighted by molar-refractivity contribution is -0.167. The van der Waals surface area contributed by atoms with E-state index in [1.165, 1.54) is 199 Å². The van der Waals surface area contributed by atoms with Gasteiger partial charge in [0.05, 0.1) is 0 Å². The lowest BCUT2D eigenvalue weighted by Gasteiger charge is -2.18. The quantitative estimate of drug-likeness (QED) is 0.0262. The van der Waals surface area contributed by atoms with Crippen LogP contribution in [-0.2, 0) is 28.6 Å². The minimum Gasteiger partial charge on any atom is -0.462 e. The van der Waals surface area contributed by atoms with E-state index in [0.29, 0.717) is 19.3 Å². The van der Waals surface area contributed by atoms with Crippen molar-refractivity contribution in [3.05, 3.63) is 24.3 Å². The number of allylic oxidation sites excluding steroid dienone is 4. The molecule has 0 aliphatic heterocycles. The number of esters is 3. The molecule has 0 rings (SSSR count). The van der Waals surface area contributed by atoms with Crippen LogP contribution in [0.15, 0.2) is 24.3 Å². The van der Waals surface area contributed by atoms with Gasteiger partial charge in [0.1, 0.15) is 13.2 Å². The van der Waals surface area contributed by atoms with Gasteiger partial charge in [0.25, 0.3) is 0 Å². The number of carbonyl (C=O) groups is 3. The Morgan fingerprint density at radius 2 is 0.554 bits per heavy atom. The second-order valence-electron chi connectivity index (χ2n) is 19.6. The SMILES string of the molecule is CCCCC/C=C\C/C=C\CCCCCCCC(=O)OC(COC(=O)CCCCCCCCCCCCCCC)COC(=O)CCCCCCCCCCCCCCCCCCCCC. The Balaban J connectivity index is 4.31. The molecule has 0 bridgehead atoms. The van der Waals surface area contributed by atoms with Gasteiger partial charge in [0, 0.05) is 19.3 Å². The zero-order chi connectivity index (χ0) is 47.2. The van der Waals surface area contributed by atoms with E-state index < -0.39 is 6.10 Å². The summed E-state index contributed by atoms with van der Waals surface area (Å²) in [5.74, 6) is -0.864. The Kier molecular flexibility index (Phi) is 52.7. The highest BCUT2D eigenvalue weighted by Gasteiger charge is 2.19. The lowest BCUT2D eigenvalue weighted by atomic mass is 10.0. The molecule has 382 valence electrons. The molecule has 1 atom stereocenters. The van der Waals surface area contributed by atoms with Crippen LogP contribution in [0.5, 0.6) is 0 Å². The van der Waals surface area contributed by atoms with Gasteiger partial charge in [-0.3, -0.25) is 14.4 Å². The van der Waals surface area contributed by atoms with Crippen molar-refractivity contribution < 1.29 is 28.6 Å². The van der Waals surface area contributed by atoms with Crippen LogP contribution >= 0.6 is 0 Å². The first kappa shape index (κ1) is 62.9. The molecule has 6 nitrogen and oxygen atoms in total. The number of hydrogen-bond donors (Lipinski definition) is 0. The molecule has 0 N–H and O–H groups in total. The fraction of sp³-hybridized carbons (Fsp3) is 0.881. The van der Waals surface area contributed by atoms with Gasteiger partial charge in [-0.25, -0.2) is 0 Å². The normalized spacial score (nSPS) is 12.1. The molecule has 65 heavy (non-hydrogen) atoms. The highest BCUT2D eigenvalue weighted by atomic mass is 16.6. The summed E-state index contributed by atoms with van der Waals surface area (Å²) in [6.45, 7) is 6.65. The van der Waals surface area contributed by atoms with Crippen LogP contribution in [0.1, 0.15) is 316 Å². The van der Waals surface area contributed by atoms with E-state index in [0.717, 1.165) is 77.0 Å². The number of carbonyl (C=O) groups excluding carboxylic acids is 3. The molecule has 0 aromatic rings. The zero-order valence-corrected chi connectivity index (χ0v) is 43.8. The number of rotatable bonds is 53. The molecule has 0 heterocycles. The van der Waals surface area contributed by atoms with Crippen molar-refractivity contribution in [3.8, 4) is 0 Å². The third-order valence-electron chi connectivity index (χ3n) is 13.0. The molecule has 0 saturated heterocycles. The number of unbranched alkanes of at least 4 members (excludes halogenated alkanes) is 38. The van der Waals surface area contributed by atoms with Crippen LogP contribution in [-0.4, -0.2) is 37.2 Å². The first-order chi connectivity index (χ1) is 32.0. The Labute approximate surface area is 404 Å². The van der Waals surface area contributed by atoms with Gasteiger partial charge in [-0.05, 0) is 51.4 Å². The lowest BCUT2D eigenvalue weighted by Crippen LogP contribution is -2.30. The van der Waals surface area contributed by atoms with Gasteiger partial charge in [-0.1, -0.05) is 270 Å². The highest BCUT2D eigenvalue weighted by molar-refractivity contribution is 5.71. The van der Waals surface area contributed by atoms with Crippen molar-refractivity contribution >= 4 is 17.9 Å². The maximum Gasteiger partial charge on any atom is 0.306 e. The summed E-state index contributed by atoms with van der Waals surface area (Å²) >= 11 is 0. The molecule has 6 heteroatoms. The summed E-state index contributed by atoms with van der Waals surface area (Å²) < 4.78 is 16.9. The van der Waals surface area contributed by atoms with E-state index >= 15 is 0 Å². The van der Waals surface area contributed by atoms with Crippen molar-refractivity contribution in [3.63, 3.8) is 0 Å². The van der Waals surface area contributed by atoms with Crippen molar-refractivity contribution in [2.75, 3.05) is 13.2 Å². The second kappa shape index (κ2) is 54.5. The van der Waals surface area contributed by atoms with Crippen LogP contribution in [0.4, 0.5) is 0 Å². The standard InChI is InChI=1S/C59H110O6/c1-4-7-10-13-16-19-22-25-27-28-29-30-32-34-37-40-43-46-49-52-58(61)64-55-56(54-63-57(60)51-48-45-42-39-36-33-24-21-18-15-12-9-6-3)65-59(62)53-50-47-44-41-38-35-31-26-23-20-17-14-11-8-5-2/h17,20,26,31,56H,4-16,18-19,21-25,27-30,32-55H2,1-3H3/b20-17-,31-26-. The van der Waals surface area contributed by atoms with E-state index in [9.17, 15) is 14.4 Å². The average Bonchev–Trinajstić information content (AvgIpc) is 3.30. The first-order valence-corrected chi connectivity index (χ1v) is 28.8. The predicted octanol–water partition coefficient (Wildman–Crippen LogP) is 19.1. The Hall–Kier alpha value is -2.11. The van der Waals surface area contributed by atoms with Gasteiger partial charge >= 0.3 is 17.9 Å². The van der Waals surface area contributed by atoms with E-state index in [-0.39, 0.29) is 31.1 Å².